The molecule has 0 saturated heterocycles. The van der Waals surface area contributed by atoms with Gasteiger partial charge in [0.2, 0.25) is 5.78 Å². The first-order valence-electron chi connectivity index (χ1n) is 3.99. The van der Waals surface area contributed by atoms with Crippen LogP contribution in [0.2, 0.25) is 0 Å². The van der Waals surface area contributed by atoms with Crippen molar-refractivity contribution in [2.75, 3.05) is 0 Å². The van der Waals surface area contributed by atoms with E-state index in [2.05, 4.69) is 12.6 Å². The Hall–Kier alpha value is -0.310. The van der Waals surface area contributed by atoms with Crippen LogP contribution in [-0.2, 0) is 9.59 Å². The van der Waals surface area contributed by atoms with Crippen molar-refractivity contribution >= 4 is 23.5 Å². The minimum atomic E-state index is -0.572. The van der Waals surface area contributed by atoms with E-state index in [-0.39, 0.29) is 11.7 Å². The number of hydrogen-bond acceptors (Lipinski definition) is 2. The van der Waals surface area contributed by atoms with Crippen LogP contribution in [0.1, 0.15) is 32.1 Å². The van der Waals surface area contributed by atoms with Crippen molar-refractivity contribution in [2.24, 2.45) is 5.92 Å². The van der Waals surface area contributed by atoms with Crippen molar-refractivity contribution in [3.8, 4) is 0 Å². The number of rotatable bonds is 2. The minimum Gasteiger partial charge on any atom is -0.290 e. The van der Waals surface area contributed by atoms with Gasteiger partial charge in [-0.15, -0.1) is 0 Å². The van der Waals surface area contributed by atoms with Gasteiger partial charge in [-0.3, -0.25) is 9.59 Å². The highest BCUT2D eigenvalue weighted by Crippen LogP contribution is 2.24. The van der Waals surface area contributed by atoms with E-state index in [0.29, 0.717) is 0 Å². The first-order valence-corrected chi connectivity index (χ1v) is 4.43. The van der Waals surface area contributed by atoms with E-state index < -0.39 is 5.12 Å². The van der Waals surface area contributed by atoms with Gasteiger partial charge in [-0.25, -0.2) is 0 Å². The minimum absolute atomic E-state index is 0.0197. The van der Waals surface area contributed by atoms with E-state index in [4.69, 9.17) is 0 Å². The van der Waals surface area contributed by atoms with Gasteiger partial charge < -0.3 is 0 Å². The van der Waals surface area contributed by atoms with Gasteiger partial charge >= 0.3 is 0 Å². The molecule has 0 heterocycles. The van der Waals surface area contributed by atoms with E-state index in [1.807, 2.05) is 0 Å². The summed E-state index contributed by atoms with van der Waals surface area (Å²) < 4.78 is 0. The topological polar surface area (TPSA) is 34.1 Å². The molecule has 0 spiro atoms. The van der Waals surface area contributed by atoms with Crippen LogP contribution in [0.4, 0.5) is 0 Å². The van der Waals surface area contributed by atoms with Crippen LogP contribution in [-0.4, -0.2) is 10.9 Å². The molecular weight excluding hydrogens is 160 g/mol. The maximum atomic E-state index is 11.1. The predicted octanol–water partition coefficient (Wildman–Crippen LogP) is 1.59. The Morgan fingerprint density at radius 3 is 2.09 bits per heavy atom. The highest BCUT2D eigenvalue weighted by Gasteiger charge is 2.24. The van der Waals surface area contributed by atoms with Crippen molar-refractivity contribution in [3.63, 3.8) is 0 Å². The zero-order valence-electron chi connectivity index (χ0n) is 6.38. The SMILES string of the molecule is O=C(S)C(=O)C1CCCCC1. The Morgan fingerprint density at radius 1 is 1.09 bits per heavy atom. The molecule has 11 heavy (non-hydrogen) atoms. The molecule has 1 aliphatic carbocycles. The molecule has 0 aromatic carbocycles. The molecule has 2 nitrogen and oxygen atoms in total. The molecule has 0 aromatic heterocycles. The van der Waals surface area contributed by atoms with Gasteiger partial charge in [0.1, 0.15) is 0 Å². The molecule has 1 saturated carbocycles. The first-order chi connectivity index (χ1) is 5.22. The zero-order valence-corrected chi connectivity index (χ0v) is 7.27. The maximum absolute atomic E-state index is 11.1. The summed E-state index contributed by atoms with van der Waals surface area (Å²) in [7, 11) is 0. The van der Waals surface area contributed by atoms with Crippen molar-refractivity contribution < 1.29 is 9.59 Å². The van der Waals surface area contributed by atoms with Gasteiger partial charge in [0, 0.05) is 5.92 Å². The summed E-state index contributed by atoms with van der Waals surface area (Å²) in [5.41, 5.74) is 0. The summed E-state index contributed by atoms with van der Waals surface area (Å²) in [5, 5.41) is -0.572. The first kappa shape index (κ1) is 8.78. The molecule has 0 radical (unpaired) electrons. The summed E-state index contributed by atoms with van der Waals surface area (Å²) in [6, 6.07) is 0. The van der Waals surface area contributed by atoms with Crippen LogP contribution in [0.25, 0.3) is 0 Å². The molecular formula is C8H12O2S. The Morgan fingerprint density at radius 2 is 1.64 bits per heavy atom. The Balaban J connectivity index is 2.45. The zero-order chi connectivity index (χ0) is 8.27. The molecule has 0 aromatic rings. The average Bonchev–Trinajstić information content (AvgIpc) is 2.05. The lowest BCUT2D eigenvalue weighted by atomic mass is 9.87. The van der Waals surface area contributed by atoms with Gasteiger partial charge in [0.25, 0.3) is 5.12 Å². The number of thiol groups is 1. The normalized spacial score (nSPS) is 19.7. The maximum Gasteiger partial charge on any atom is 0.252 e. The highest BCUT2D eigenvalue weighted by atomic mass is 32.1. The third-order valence-electron chi connectivity index (χ3n) is 2.19. The largest absolute Gasteiger partial charge is 0.290 e. The van der Waals surface area contributed by atoms with Crippen molar-refractivity contribution in [1.82, 2.24) is 0 Å². The van der Waals surface area contributed by atoms with Crippen molar-refractivity contribution in [1.29, 1.82) is 0 Å². The third kappa shape index (κ3) is 2.33. The smallest absolute Gasteiger partial charge is 0.252 e. The van der Waals surface area contributed by atoms with Gasteiger partial charge in [0.15, 0.2) is 0 Å². The standard InChI is InChI=1S/C8H12O2S/c9-7(8(10)11)6-4-2-1-3-5-6/h6H,1-5H2,(H,10,11). The van der Waals surface area contributed by atoms with Crippen LogP contribution in [0, 0.1) is 5.92 Å². The fraction of sp³-hybridized carbons (Fsp3) is 0.750. The molecule has 0 amide bonds. The lowest BCUT2D eigenvalue weighted by Gasteiger charge is -2.18. The molecule has 0 atom stereocenters. The second kappa shape index (κ2) is 3.90. The molecule has 1 rings (SSSR count). The summed E-state index contributed by atoms with van der Waals surface area (Å²) in [5.74, 6) is -0.304. The molecule has 0 aliphatic heterocycles. The summed E-state index contributed by atoms with van der Waals surface area (Å²) >= 11 is 3.51. The second-order valence-electron chi connectivity index (χ2n) is 3.00. The highest BCUT2D eigenvalue weighted by molar-refractivity contribution is 7.98. The van der Waals surface area contributed by atoms with Gasteiger partial charge in [0.05, 0.1) is 0 Å². The number of carbonyl (C=O) groups excluding carboxylic acids is 2. The number of hydrogen-bond donors (Lipinski definition) is 1. The predicted molar refractivity (Wildman–Crippen MR) is 45.6 cm³/mol. The molecule has 0 unspecified atom stereocenters. The Kier molecular flexibility index (Phi) is 3.12. The van der Waals surface area contributed by atoms with E-state index >= 15 is 0 Å². The lowest BCUT2D eigenvalue weighted by Crippen LogP contribution is -2.22. The van der Waals surface area contributed by atoms with E-state index in [1.165, 1.54) is 6.42 Å². The second-order valence-corrected chi connectivity index (χ2v) is 3.41. The molecule has 1 aliphatic rings. The fourth-order valence-corrected chi connectivity index (χ4v) is 1.72. The lowest BCUT2D eigenvalue weighted by molar-refractivity contribution is -0.134. The van der Waals surface area contributed by atoms with E-state index in [1.54, 1.807) is 0 Å². The quantitative estimate of drug-likeness (QED) is 0.507. The summed E-state index contributed by atoms with van der Waals surface area (Å²) in [4.78, 5) is 21.6. The molecule has 1 fully saturated rings. The summed E-state index contributed by atoms with van der Waals surface area (Å²) in [6.45, 7) is 0. The number of carbonyl (C=O) groups is 2. The fourth-order valence-electron chi connectivity index (χ4n) is 1.54. The van der Waals surface area contributed by atoms with Crippen LogP contribution >= 0.6 is 12.6 Å². The van der Waals surface area contributed by atoms with Crippen LogP contribution < -0.4 is 0 Å². The molecule has 62 valence electrons. The molecule has 0 bridgehead atoms. The third-order valence-corrected chi connectivity index (χ3v) is 2.41. The number of ketones is 1. The van der Waals surface area contributed by atoms with Crippen LogP contribution in [0.3, 0.4) is 0 Å². The van der Waals surface area contributed by atoms with Crippen molar-refractivity contribution in [2.45, 2.75) is 32.1 Å². The average molecular weight is 172 g/mol. The van der Waals surface area contributed by atoms with Crippen LogP contribution in [0.5, 0.6) is 0 Å². The van der Waals surface area contributed by atoms with Crippen molar-refractivity contribution in [3.05, 3.63) is 0 Å². The van der Waals surface area contributed by atoms with Gasteiger partial charge in [-0.05, 0) is 12.8 Å². The molecule has 3 heteroatoms. The summed E-state index contributed by atoms with van der Waals surface area (Å²) in [6.07, 6.45) is 5.12. The Bertz CT molecular complexity index is 171. The van der Waals surface area contributed by atoms with Gasteiger partial charge in [-0.2, -0.15) is 0 Å². The van der Waals surface area contributed by atoms with Gasteiger partial charge in [-0.1, -0.05) is 31.9 Å². The van der Waals surface area contributed by atoms with E-state index in [0.717, 1.165) is 25.7 Å². The monoisotopic (exact) mass is 172 g/mol. The van der Waals surface area contributed by atoms with Crippen LogP contribution in [0.15, 0.2) is 0 Å². The molecule has 0 N–H and O–H groups in total. The Labute approximate surface area is 71.8 Å². The number of Topliss-reactive ketones (excluding diaryl/α,β-unsaturated/α-hetero) is 1. The van der Waals surface area contributed by atoms with E-state index in [9.17, 15) is 9.59 Å².